The number of hydrogen-bond donors (Lipinski definition) is 1. The van der Waals surface area contributed by atoms with Gasteiger partial charge in [0, 0.05) is 25.0 Å². The van der Waals surface area contributed by atoms with Crippen molar-refractivity contribution in [1.29, 1.82) is 0 Å². The number of carbonyl (C=O) groups excluding carboxylic acids is 1. The Balaban J connectivity index is 1.56. The van der Waals surface area contributed by atoms with Crippen LogP contribution in [0.15, 0.2) is 54.6 Å². The van der Waals surface area contributed by atoms with Crippen molar-refractivity contribution in [3.8, 4) is 0 Å². The van der Waals surface area contributed by atoms with Crippen molar-refractivity contribution in [3.05, 3.63) is 71.3 Å². The highest BCUT2D eigenvalue weighted by atomic mass is 16.2. The van der Waals surface area contributed by atoms with Crippen molar-refractivity contribution in [1.82, 2.24) is 10.2 Å². The largest absolute Gasteiger partial charge is 0.352 e. The first-order chi connectivity index (χ1) is 11.3. The lowest BCUT2D eigenvalue weighted by atomic mass is 9.84. The fourth-order valence-corrected chi connectivity index (χ4v) is 3.47. The summed E-state index contributed by atoms with van der Waals surface area (Å²) in [5.74, 6) is 0.508. The standard InChI is InChI=1S/C20H22N2O/c23-20(21-17-10-11-17)14-22-12-16-8-4-5-9-18(16)19(13-22)15-6-2-1-3-7-15/h1-9,17,19H,10-14H2,(H,21,23)/t19-/m0/s1. The molecule has 1 atom stereocenters. The maximum Gasteiger partial charge on any atom is 0.234 e. The van der Waals surface area contributed by atoms with Crippen LogP contribution in [0.1, 0.15) is 35.4 Å². The molecule has 118 valence electrons. The molecular formula is C20H22N2O. The van der Waals surface area contributed by atoms with Crippen LogP contribution in [-0.2, 0) is 11.3 Å². The summed E-state index contributed by atoms with van der Waals surface area (Å²) in [7, 11) is 0. The average Bonchev–Trinajstić information content (AvgIpc) is 3.38. The molecule has 2 aliphatic rings. The lowest BCUT2D eigenvalue weighted by Gasteiger charge is -2.34. The van der Waals surface area contributed by atoms with Crippen molar-refractivity contribution < 1.29 is 4.79 Å². The van der Waals surface area contributed by atoms with Gasteiger partial charge in [0.1, 0.15) is 0 Å². The minimum absolute atomic E-state index is 0.165. The molecule has 0 aromatic heterocycles. The molecule has 23 heavy (non-hydrogen) atoms. The number of fused-ring (bicyclic) bond motifs is 1. The van der Waals surface area contributed by atoms with Gasteiger partial charge in [0.15, 0.2) is 0 Å². The maximum atomic E-state index is 12.2. The van der Waals surface area contributed by atoms with E-state index in [-0.39, 0.29) is 5.91 Å². The minimum atomic E-state index is 0.165. The minimum Gasteiger partial charge on any atom is -0.352 e. The molecule has 1 fully saturated rings. The third-order valence-electron chi connectivity index (χ3n) is 4.78. The van der Waals surface area contributed by atoms with Crippen molar-refractivity contribution in [2.24, 2.45) is 0 Å². The molecule has 4 rings (SSSR count). The van der Waals surface area contributed by atoms with E-state index in [1.165, 1.54) is 16.7 Å². The molecule has 2 aromatic carbocycles. The highest BCUT2D eigenvalue weighted by molar-refractivity contribution is 5.78. The summed E-state index contributed by atoms with van der Waals surface area (Å²) in [5, 5.41) is 3.10. The van der Waals surface area contributed by atoms with Crippen molar-refractivity contribution in [3.63, 3.8) is 0 Å². The number of amides is 1. The van der Waals surface area contributed by atoms with Gasteiger partial charge in [-0.1, -0.05) is 54.6 Å². The lowest BCUT2D eigenvalue weighted by Crippen LogP contribution is -2.42. The highest BCUT2D eigenvalue weighted by Crippen LogP contribution is 2.33. The van der Waals surface area contributed by atoms with Crippen LogP contribution >= 0.6 is 0 Å². The van der Waals surface area contributed by atoms with Crippen LogP contribution in [0.2, 0.25) is 0 Å². The summed E-state index contributed by atoms with van der Waals surface area (Å²) in [4.78, 5) is 14.4. The second kappa shape index (κ2) is 6.17. The summed E-state index contributed by atoms with van der Waals surface area (Å²) in [6.45, 7) is 2.25. The van der Waals surface area contributed by atoms with Gasteiger partial charge in [-0.2, -0.15) is 0 Å². The molecule has 0 spiro atoms. The fraction of sp³-hybridized carbons (Fsp3) is 0.350. The fourth-order valence-electron chi connectivity index (χ4n) is 3.47. The summed E-state index contributed by atoms with van der Waals surface area (Å²) in [5.41, 5.74) is 4.07. The van der Waals surface area contributed by atoms with E-state index in [4.69, 9.17) is 0 Å². The first kappa shape index (κ1) is 14.5. The second-order valence-corrected chi connectivity index (χ2v) is 6.67. The third kappa shape index (κ3) is 3.30. The van der Waals surface area contributed by atoms with E-state index in [2.05, 4.69) is 64.8 Å². The topological polar surface area (TPSA) is 32.3 Å². The monoisotopic (exact) mass is 306 g/mol. The molecule has 3 heteroatoms. The van der Waals surface area contributed by atoms with Crippen molar-refractivity contribution in [2.45, 2.75) is 31.3 Å². The molecule has 2 aromatic rings. The molecule has 0 unspecified atom stereocenters. The zero-order valence-corrected chi connectivity index (χ0v) is 13.2. The molecule has 1 aliphatic heterocycles. The van der Waals surface area contributed by atoms with Crippen LogP contribution < -0.4 is 5.32 Å². The molecule has 1 N–H and O–H groups in total. The number of nitrogens with zero attached hydrogens (tertiary/aromatic N) is 1. The van der Waals surface area contributed by atoms with Crippen LogP contribution in [0.4, 0.5) is 0 Å². The predicted octanol–water partition coefficient (Wildman–Crippen LogP) is 2.91. The van der Waals surface area contributed by atoms with Gasteiger partial charge >= 0.3 is 0 Å². The average molecular weight is 306 g/mol. The van der Waals surface area contributed by atoms with Crippen LogP contribution in [-0.4, -0.2) is 29.9 Å². The first-order valence-electron chi connectivity index (χ1n) is 8.44. The summed E-state index contributed by atoms with van der Waals surface area (Å²) < 4.78 is 0. The van der Waals surface area contributed by atoms with Crippen LogP contribution in [0.5, 0.6) is 0 Å². The van der Waals surface area contributed by atoms with Gasteiger partial charge in [-0.05, 0) is 29.5 Å². The Hall–Kier alpha value is -2.13. The number of benzene rings is 2. The molecule has 1 heterocycles. The van der Waals surface area contributed by atoms with E-state index in [1.54, 1.807) is 0 Å². The molecule has 1 amide bonds. The second-order valence-electron chi connectivity index (χ2n) is 6.67. The van der Waals surface area contributed by atoms with E-state index in [0.29, 0.717) is 18.5 Å². The van der Waals surface area contributed by atoms with E-state index in [1.807, 2.05) is 0 Å². The summed E-state index contributed by atoms with van der Waals surface area (Å²) in [6.07, 6.45) is 2.28. The van der Waals surface area contributed by atoms with E-state index in [9.17, 15) is 4.79 Å². The van der Waals surface area contributed by atoms with Crippen LogP contribution in [0.3, 0.4) is 0 Å². The zero-order valence-electron chi connectivity index (χ0n) is 13.2. The van der Waals surface area contributed by atoms with Gasteiger partial charge in [0.25, 0.3) is 0 Å². The van der Waals surface area contributed by atoms with Crippen LogP contribution in [0.25, 0.3) is 0 Å². The Morgan fingerprint density at radius 1 is 1.04 bits per heavy atom. The Morgan fingerprint density at radius 3 is 2.57 bits per heavy atom. The normalized spacial score (nSPS) is 20.8. The summed E-state index contributed by atoms with van der Waals surface area (Å²) >= 11 is 0. The number of nitrogens with one attached hydrogen (secondary N) is 1. The Morgan fingerprint density at radius 2 is 1.78 bits per heavy atom. The van der Waals surface area contributed by atoms with Crippen molar-refractivity contribution in [2.75, 3.05) is 13.1 Å². The molecule has 0 saturated heterocycles. The first-order valence-corrected chi connectivity index (χ1v) is 8.44. The highest BCUT2D eigenvalue weighted by Gasteiger charge is 2.29. The quantitative estimate of drug-likeness (QED) is 0.942. The molecule has 1 saturated carbocycles. The number of rotatable bonds is 4. The Kier molecular flexibility index (Phi) is 3.88. The molecule has 1 aliphatic carbocycles. The van der Waals surface area contributed by atoms with Gasteiger partial charge in [-0.3, -0.25) is 9.69 Å². The zero-order chi connectivity index (χ0) is 15.6. The SMILES string of the molecule is O=C(CN1Cc2ccccc2[C@H](c2ccccc2)C1)NC1CC1. The molecular weight excluding hydrogens is 284 g/mol. The van der Waals surface area contributed by atoms with Crippen molar-refractivity contribution >= 4 is 5.91 Å². The van der Waals surface area contributed by atoms with E-state index < -0.39 is 0 Å². The molecule has 0 bridgehead atoms. The maximum absolute atomic E-state index is 12.2. The van der Waals surface area contributed by atoms with Gasteiger partial charge in [0.2, 0.25) is 5.91 Å². The number of carbonyl (C=O) groups is 1. The van der Waals surface area contributed by atoms with Gasteiger partial charge < -0.3 is 5.32 Å². The third-order valence-corrected chi connectivity index (χ3v) is 4.78. The molecule has 0 radical (unpaired) electrons. The summed E-state index contributed by atoms with van der Waals surface area (Å²) in [6, 6.07) is 19.7. The van der Waals surface area contributed by atoms with E-state index in [0.717, 1.165) is 25.9 Å². The van der Waals surface area contributed by atoms with Gasteiger partial charge in [-0.15, -0.1) is 0 Å². The van der Waals surface area contributed by atoms with Gasteiger partial charge in [-0.25, -0.2) is 0 Å². The predicted molar refractivity (Wildman–Crippen MR) is 91.2 cm³/mol. The van der Waals surface area contributed by atoms with Crippen LogP contribution in [0, 0.1) is 0 Å². The Bertz CT molecular complexity index is 694. The molecule has 3 nitrogen and oxygen atoms in total. The van der Waals surface area contributed by atoms with Gasteiger partial charge in [0.05, 0.1) is 6.54 Å². The smallest absolute Gasteiger partial charge is 0.234 e. The Labute approximate surface area is 137 Å². The van der Waals surface area contributed by atoms with E-state index >= 15 is 0 Å². The number of hydrogen-bond acceptors (Lipinski definition) is 2. The lowest BCUT2D eigenvalue weighted by molar-refractivity contribution is -0.122.